The molecule has 0 aliphatic heterocycles. The van der Waals surface area contributed by atoms with Crippen LogP contribution in [-0.2, 0) is 0 Å². The van der Waals surface area contributed by atoms with E-state index in [4.69, 9.17) is 9.84 Å². The summed E-state index contributed by atoms with van der Waals surface area (Å²) in [5.41, 5.74) is -0.907. The molecule has 90 valence electrons. The minimum Gasteiger partial charge on any atom is -0.486 e. The zero-order valence-electron chi connectivity index (χ0n) is 8.96. The lowest BCUT2D eigenvalue weighted by atomic mass is 10.1. The van der Waals surface area contributed by atoms with Crippen molar-refractivity contribution in [3.63, 3.8) is 0 Å². The third kappa shape index (κ3) is 3.04. The van der Waals surface area contributed by atoms with Crippen molar-refractivity contribution in [2.45, 2.75) is 6.42 Å². The minimum absolute atomic E-state index is 0.0447. The maximum atomic E-state index is 10.8. The molecule has 17 heavy (non-hydrogen) atoms. The van der Waals surface area contributed by atoms with Crippen LogP contribution in [0.5, 0.6) is 5.75 Å². The topological polar surface area (TPSA) is 89.7 Å². The molecule has 1 aromatic rings. The summed E-state index contributed by atoms with van der Waals surface area (Å²) >= 11 is 0. The Morgan fingerprint density at radius 2 is 2.29 bits per heavy atom. The number of nitro groups is 1. The largest absolute Gasteiger partial charge is 0.486 e. The van der Waals surface area contributed by atoms with Gasteiger partial charge in [-0.1, -0.05) is 12.1 Å². The number of para-hydroxylation sites is 1. The van der Waals surface area contributed by atoms with Crippen molar-refractivity contribution in [1.29, 1.82) is 0 Å². The van der Waals surface area contributed by atoms with Gasteiger partial charge in [0.2, 0.25) is 0 Å². The van der Waals surface area contributed by atoms with Crippen molar-refractivity contribution < 1.29 is 19.6 Å². The summed E-state index contributed by atoms with van der Waals surface area (Å²) in [7, 11) is 0. The molecule has 0 saturated heterocycles. The van der Waals surface area contributed by atoms with Crippen LogP contribution in [0.1, 0.15) is 16.8 Å². The number of hydrogen-bond donors (Lipinski definition) is 1. The van der Waals surface area contributed by atoms with Crippen molar-refractivity contribution >= 4 is 11.7 Å². The van der Waals surface area contributed by atoms with E-state index in [0.717, 1.165) is 0 Å². The highest BCUT2D eigenvalue weighted by atomic mass is 16.6. The van der Waals surface area contributed by atoms with Gasteiger partial charge in [0.25, 0.3) is 0 Å². The smallest absolute Gasteiger partial charge is 0.342 e. The van der Waals surface area contributed by atoms with Crippen LogP contribution in [0.15, 0.2) is 30.9 Å². The van der Waals surface area contributed by atoms with Gasteiger partial charge in [-0.2, -0.15) is 0 Å². The van der Waals surface area contributed by atoms with Gasteiger partial charge in [0.05, 0.1) is 11.5 Å². The molecule has 6 heteroatoms. The molecule has 0 spiro atoms. The number of rotatable bonds is 6. The molecule has 0 fully saturated rings. The third-order valence-electron chi connectivity index (χ3n) is 1.99. The highest BCUT2D eigenvalue weighted by molar-refractivity contribution is 5.93. The first-order chi connectivity index (χ1) is 8.07. The Morgan fingerprint density at radius 1 is 1.59 bits per heavy atom. The normalized spacial score (nSPS) is 9.65. The van der Waals surface area contributed by atoms with Crippen LogP contribution in [0, 0.1) is 10.1 Å². The second kappa shape index (κ2) is 5.64. The van der Waals surface area contributed by atoms with E-state index in [1.54, 1.807) is 6.08 Å². The molecular formula is C11H11NO5. The Morgan fingerprint density at radius 3 is 2.82 bits per heavy atom. The molecule has 0 atom stereocenters. The van der Waals surface area contributed by atoms with Gasteiger partial charge >= 0.3 is 11.7 Å². The summed E-state index contributed by atoms with van der Waals surface area (Å²) in [4.78, 5) is 20.9. The first kappa shape index (κ1) is 12.7. The first-order valence-electron chi connectivity index (χ1n) is 4.82. The molecule has 0 unspecified atom stereocenters. The van der Waals surface area contributed by atoms with Crippen molar-refractivity contribution in [2.75, 3.05) is 6.61 Å². The molecule has 0 aromatic heterocycles. The van der Waals surface area contributed by atoms with Gasteiger partial charge in [-0.25, -0.2) is 4.79 Å². The lowest BCUT2D eigenvalue weighted by molar-refractivity contribution is -0.386. The molecule has 0 saturated carbocycles. The summed E-state index contributed by atoms with van der Waals surface area (Å²) in [6, 6.07) is 3.94. The second-order valence-corrected chi connectivity index (χ2v) is 3.14. The summed E-state index contributed by atoms with van der Waals surface area (Å²) in [5.74, 6) is -1.40. The van der Waals surface area contributed by atoms with Crippen LogP contribution >= 0.6 is 0 Å². The number of carboxylic acids is 1. The minimum atomic E-state index is -1.36. The monoisotopic (exact) mass is 237 g/mol. The van der Waals surface area contributed by atoms with E-state index >= 15 is 0 Å². The van der Waals surface area contributed by atoms with Gasteiger partial charge in [-0.3, -0.25) is 10.1 Å². The van der Waals surface area contributed by atoms with Gasteiger partial charge in [0, 0.05) is 0 Å². The van der Waals surface area contributed by atoms with E-state index in [2.05, 4.69) is 6.58 Å². The van der Waals surface area contributed by atoms with Crippen LogP contribution in [0.4, 0.5) is 5.69 Å². The Labute approximate surface area is 97.3 Å². The summed E-state index contributed by atoms with van der Waals surface area (Å²) < 4.78 is 5.15. The number of ether oxygens (including phenoxy) is 1. The van der Waals surface area contributed by atoms with E-state index < -0.39 is 16.6 Å². The molecule has 0 heterocycles. The molecule has 1 rings (SSSR count). The SMILES string of the molecule is C=CCCOc1cccc(C(=O)O)c1[N+](=O)[O-]. The fourth-order valence-electron chi connectivity index (χ4n) is 1.25. The van der Waals surface area contributed by atoms with Crippen LogP contribution in [0.25, 0.3) is 0 Å². The predicted octanol–water partition coefficient (Wildman–Crippen LogP) is 2.25. The van der Waals surface area contributed by atoms with Crippen molar-refractivity contribution in [2.24, 2.45) is 0 Å². The maximum Gasteiger partial charge on any atom is 0.342 e. The zero-order chi connectivity index (χ0) is 12.8. The maximum absolute atomic E-state index is 10.8. The van der Waals surface area contributed by atoms with Crippen LogP contribution < -0.4 is 4.74 Å². The van der Waals surface area contributed by atoms with Gasteiger partial charge in [0.15, 0.2) is 5.75 Å². The van der Waals surface area contributed by atoms with Crippen molar-refractivity contribution in [1.82, 2.24) is 0 Å². The first-order valence-corrected chi connectivity index (χ1v) is 4.82. The van der Waals surface area contributed by atoms with Crippen molar-refractivity contribution in [3.8, 4) is 5.75 Å². The Kier molecular flexibility index (Phi) is 4.21. The number of carbonyl (C=O) groups is 1. The quantitative estimate of drug-likeness (QED) is 0.354. The Bertz CT molecular complexity index is 455. The van der Waals surface area contributed by atoms with Crippen LogP contribution in [0.3, 0.4) is 0 Å². The Hall–Kier alpha value is -2.37. The van der Waals surface area contributed by atoms with Gasteiger partial charge in [-0.15, -0.1) is 6.58 Å². The highest BCUT2D eigenvalue weighted by Crippen LogP contribution is 2.30. The van der Waals surface area contributed by atoms with Crippen molar-refractivity contribution in [3.05, 3.63) is 46.5 Å². The molecule has 0 aliphatic carbocycles. The van der Waals surface area contributed by atoms with E-state index in [1.807, 2.05) is 0 Å². The number of carboxylic acid groups (broad SMARTS) is 1. The number of hydrogen-bond acceptors (Lipinski definition) is 4. The predicted molar refractivity (Wildman–Crippen MR) is 60.4 cm³/mol. The van der Waals surface area contributed by atoms with E-state index in [0.29, 0.717) is 6.42 Å². The number of nitro benzene ring substituents is 1. The van der Waals surface area contributed by atoms with Gasteiger partial charge in [-0.05, 0) is 18.6 Å². The van der Waals surface area contributed by atoms with Crippen LogP contribution in [-0.4, -0.2) is 22.6 Å². The number of nitrogens with zero attached hydrogens (tertiary/aromatic N) is 1. The molecule has 0 radical (unpaired) electrons. The number of aromatic carboxylic acids is 1. The van der Waals surface area contributed by atoms with E-state index in [-0.39, 0.29) is 17.9 Å². The molecule has 1 N–H and O–H groups in total. The third-order valence-corrected chi connectivity index (χ3v) is 1.99. The number of benzene rings is 1. The zero-order valence-corrected chi connectivity index (χ0v) is 8.96. The van der Waals surface area contributed by atoms with E-state index in [1.165, 1.54) is 18.2 Å². The molecule has 0 amide bonds. The van der Waals surface area contributed by atoms with Gasteiger partial charge in [0.1, 0.15) is 5.56 Å². The molecular weight excluding hydrogens is 226 g/mol. The fourth-order valence-corrected chi connectivity index (χ4v) is 1.25. The molecule has 1 aromatic carbocycles. The molecule has 0 aliphatic rings. The van der Waals surface area contributed by atoms with Crippen LogP contribution in [0.2, 0.25) is 0 Å². The molecule has 0 bridgehead atoms. The van der Waals surface area contributed by atoms with Gasteiger partial charge < -0.3 is 9.84 Å². The summed E-state index contributed by atoms with van der Waals surface area (Å²) in [6.45, 7) is 3.70. The fraction of sp³-hybridized carbons (Fsp3) is 0.182. The lowest BCUT2D eigenvalue weighted by Crippen LogP contribution is -2.06. The molecule has 6 nitrogen and oxygen atoms in total. The lowest BCUT2D eigenvalue weighted by Gasteiger charge is -2.06. The standard InChI is InChI=1S/C11H11NO5/c1-2-3-7-17-9-6-4-5-8(11(13)14)10(9)12(15)16/h2,4-6H,1,3,7H2,(H,13,14). The average Bonchev–Trinajstić information content (AvgIpc) is 2.28. The summed E-state index contributed by atoms with van der Waals surface area (Å²) in [5, 5.41) is 19.7. The Balaban J connectivity index is 3.11. The van der Waals surface area contributed by atoms with E-state index in [9.17, 15) is 14.9 Å². The second-order valence-electron chi connectivity index (χ2n) is 3.14. The highest BCUT2D eigenvalue weighted by Gasteiger charge is 2.25. The average molecular weight is 237 g/mol. The summed E-state index contributed by atoms with van der Waals surface area (Å²) in [6.07, 6.45) is 2.13.